The number of hydrogen-bond donors (Lipinski definition) is 1. The summed E-state index contributed by atoms with van der Waals surface area (Å²) in [4.78, 5) is 13.2. The molecule has 14 heavy (non-hydrogen) atoms. The Morgan fingerprint density at radius 2 is 2.36 bits per heavy atom. The molecule has 1 aromatic carbocycles. The van der Waals surface area contributed by atoms with Crippen molar-refractivity contribution < 1.29 is 14.6 Å². The van der Waals surface area contributed by atoms with E-state index in [0.717, 1.165) is 0 Å². The molecule has 5 heteroatoms. The van der Waals surface area contributed by atoms with Crippen LogP contribution in [-0.4, -0.2) is 18.3 Å². The van der Waals surface area contributed by atoms with Gasteiger partial charge in [0.1, 0.15) is 0 Å². The zero-order valence-electron chi connectivity index (χ0n) is 7.45. The van der Waals surface area contributed by atoms with Crippen LogP contribution < -0.4 is 4.74 Å². The molecular weight excluding hydrogens is 206 g/mol. The minimum atomic E-state index is -0.0594. The van der Waals surface area contributed by atoms with Gasteiger partial charge < -0.3 is 9.84 Å². The lowest BCUT2D eigenvalue weighted by atomic mass is 10.2. The third-order valence-corrected chi connectivity index (χ3v) is 1.87. The summed E-state index contributed by atoms with van der Waals surface area (Å²) in [6.07, 6.45) is 1.38. The molecule has 0 saturated carbocycles. The lowest BCUT2D eigenvalue weighted by Crippen LogP contribution is -1.89. The summed E-state index contributed by atoms with van der Waals surface area (Å²) >= 11 is 5.75. The summed E-state index contributed by atoms with van der Waals surface area (Å²) in [7, 11) is 1.41. The Kier molecular flexibility index (Phi) is 3.51. The first-order chi connectivity index (χ1) is 6.69. The second-order valence-corrected chi connectivity index (χ2v) is 2.96. The number of isocyanates is 1. The predicted octanol–water partition coefficient (Wildman–Crippen LogP) is 1.89. The highest BCUT2D eigenvalue weighted by molar-refractivity contribution is 6.30. The first-order valence-corrected chi connectivity index (χ1v) is 4.16. The summed E-state index contributed by atoms with van der Waals surface area (Å²) in [6, 6.07) is 2.99. The largest absolute Gasteiger partial charge is 0.504 e. The van der Waals surface area contributed by atoms with Gasteiger partial charge in [0.05, 0.1) is 13.7 Å². The van der Waals surface area contributed by atoms with E-state index in [9.17, 15) is 9.90 Å². The average Bonchev–Trinajstić information content (AvgIpc) is 2.18. The van der Waals surface area contributed by atoms with E-state index in [1.54, 1.807) is 0 Å². The molecule has 0 fully saturated rings. The molecule has 0 spiro atoms. The van der Waals surface area contributed by atoms with Crippen LogP contribution in [-0.2, 0) is 11.3 Å². The summed E-state index contributed by atoms with van der Waals surface area (Å²) < 4.78 is 4.87. The number of benzene rings is 1. The van der Waals surface area contributed by atoms with E-state index in [1.165, 1.54) is 25.3 Å². The molecule has 74 valence electrons. The molecule has 0 radical (unpaired) electrons. The van der Waals surface area contributed by atoms with Crippen molar-refractivity contribution >= 4 is 17.7 Å². The Morgan fingerprint density at radius 3 is 2.93 bits per heavy atom. The van der Waals surface area contributed by atoms with Gasteiger partial charge in [0.15, 0.2) is 11.5 Å². The van der Waals surface area contributed by atoms with Crippen molar-refractivity contribution in [2.45, 2.75) is 6.54 Å². The quantitative estimate of drug-likeness (QED) is 0.616. The third kappa shape index (κ3) is 2.25. The number of phenolic OH excluding ortho intramolecular Hbond substituents is 1. The van der Waals surface area contributed by atoms with Crippen LogP contribution in [0.25, 0.3) is 0 Å². The normalized spacial score (nSPS) is 9.29. The Bertz CT molecular complexity index is 386. The van der Waals surface area contributed by atoms with E-state index >= 15 is 0 Å². The summed E-state index contributed by atoms with van der Waals surface area (Å²) in [6.45, 7) is 0.0340. The molecule has 0 atom stereocenters. The van der Waals surface area contributed by atoms with E-state index in [-0.39, 0.29) is 18.0 Å². The van der Waals surface area contributed by atoms with Gasteiger partial charge in [-0.25, -0.2) is 9.79 Å². The van der Waals surface area contributed by atoms with Gasteiger partial charge in [-0.05, 0) is 6.07 Å². The van der Waals surface area contributed by atoms with Crippen LogP contribution in [0.4, 0.5) is 0 Å². The minimum Gasteiger partial charge on any atom is -0.504 e. The number of carbonyl (C=O) groups excluding carboxylic acids is 1. The van der Waals surface area contributed by atoms with Gasteiger partial charge in [-0.2, -0.15) is 0 Å². The second kappa shape index (κ2) is 4.65. The van der Waals surface area contributed by atoms with E-state index < -0.39 is 0 Å². The number of aromatic hydroxyl groups is 1. The number of hydrogen-bond acceptors (Lipinski definition) is 4. The van der Waals surface area contributed by atoms with E-state index in [4.69, 9.17) is 16.3 Å². The number of nitrogens with zero attached hydrogens (tertiary/aromatic N) is 1. The summed E-state index contributed by atoms with van der Waals surface area (Å²) in [5.41, 5.74) is 0.428. The van der Waals surface area contributed by atoms with E-state index in [2.05, 4.69) is 4.99 Å². The Balaban J connectivity index is 3.14. The standard InChI is InChI=1S/C9H8ClNO3/c1-14-8-3-7(10)2-6(9(8)13)4-11-5-12/h2-3,13H,4H2,1H3. The number of methoxy groups -OCH3 is 1. The van der Waals surface area contributed by atoms with Crippen molar-refractivity contribution in [2.24, 2.45) is 4.99 Å². The zero-order chi connectivity index (χ0) is 10.6. The van der Waals surface area contributed by atoms with Gasteiger partial charge in [0, 0.05) is 16.7 Å². The Hall–Kier alpha value is -1.51. The molecule has 0 bridgehead atoms. The molecule has 0 aliphatic rings. The van der Waals surface area contributed by atoms with Crippen LogP contribution in [0, 0.1) is 0 Å². The van der Waals surface area contributed by atoms with Crippen molar-refractivity contribution in [3.8, 4) is 11.5 Å². The van der Waals surface area contributed by atoms with Crippen LogP contribution in [0.1, 0.15) is 5.56 Å². The van der Waals surface area contributed by atoms with Crippen LogP contribution in [0.2, 0.25) is 5.02 Å². The van der Waals surface area contributed by atoms with Crippen molar-refractivity contribution in [1.82, 2.24) is 0 Å². The molecule has 0 heterocycles. The van der Waals surface area contributed by atoms with Crippen LogP contribution >= 0.6 is 11.6 Å². The lowest BCUT2D eigenvalue weighted by Gasteiger charge is -2.07. The molecule has 0 unspecified atom stereocenters. The molecule has 1 N–H and O–H groups in total. The molecule has 0 aliphatic heterocycles. The number of aliphatic imine (C=N–C) groups is 1. The third-order valence-electron chi connectivity index (χ3n) is 1.65. The van der Waals surface area contributed by atoms with Crippen molar-refractivity contribution in [1.29, 1.82) is 0 Å². The SMILES string of the molecule is COc1cc(Cl)cc(CN=C=O)c1O. The van der Waals surface area contributed by atoms with Gasteiger partial charge in [-0.1, -0.05) is 11.6 Å². The number of ether oxygens (including phenoxy) is 1. The fraction of sp³-hybridized carbons (Fsp3) is 0.222. The van der Waals surface area contributed by atoms with Gasteiger partial charge >= 0.3 is 0 Å². The fourth-order valence-corrected chi connectivity index (χ4v) is 1.25. The van der Waals surface area contributed by atoms with Crippen molar-refractivity contribution in [3.63, 3.8) is 0 Å². The van der Waals surface area contributed by atoms with Crippen LogP contribution in [0.5, 0.6) is 11.5 Å². The number of rotatable bonds is 3. The summed E-state index contributed by atoms with van der Waals surface area (Å²) in [5, 5.41) is 9.98. The minimum absolute atomic E-state index is 0.0340. The monoisotopic (exact) mass is 213 g/mol. The summed E-state index contributed by atoms with van der Waals surface area (Å²) in [5.74, 6) is 0.199. The molecule has 1 rings (SSSR count). The molecule has 0 aliphatic carbocycles. The molecule has 0 aromatic heterocycles. The smallest absolute Gasteiger partial charge is 0.235 e. The maximum absolute atomic E-state index is 9.89. The highest BCUT2D eigenvalue weighted by Crippen LogP contribution is 2.33. The number of phenols is 1. The molecule has 1 aromatic rings. The van der Waals surface area contributed by atoms with E-state index in [1.807, 2.05) is 0 Å². The number of halogens is 1. The molecule has 0 amide bonds. The molecular formula is C9H8ClNO3. The maximum Gasteiger partial charge on any atom is 0.235 e. The predicted molar refractivity (Wildman–Crippen MR) is 51.5 cm³/mol. The highest BCUT2D eigenvalue weighted by atomic mass is 35.5. The topological polar surface area (TPSA) is 58.9 Å². The first kappa shape index (κ1) is 10.6. The first-order valence-electron chi connectivity index (χ1n) is 3.78. The van der Waals surface area contributed by atoms with Gasteiger partial charge in [-0.3, -0.25) is 0 Å². The fourth-order valence-electron chi connectivity index (χ4n) is 1.02. The van der Waals surface area contributed by atoms with Gasteiger partial charge in [0.2, 0.25) is 6.08 Å². The maximum atomic E-state index is 9.89. The van der Waals surface area contributed by atoms with Gasteiger partial charge in [-0.15, -0.1) is 0 Å². The average molecular weight is 214 g/mol. The molecule has 4 nitrogen and oxygen atoms in total. The lowest BCUT2D eigenvalue weighted by molar-refractivity contribution is 0.371. The van der Waals surface area contributed by atoms with E-state index in [0.29, 0.717) is 10.6 Å². The van der Waals surface area contributed by atoms with Crippen LogP contribution in [0.3, 0.4) is 0 Å². The Morgan fingerprint density at radius 1 is 1.64 bits per heavy atom. The van der Waals surface area contributed by atoms with Gasteiger partial charge in [0.25, 0.3) is 0 Å². The Labute approximate surface area is 85.8 Å². The second-order valence-electron chi connectivity index (χ2n) is 2.52. The molecule has 0 saturated heterocycles. The zero-order valence-corrected chi connectivity index (χ0v) is 8.21. The van der Waals surface area contributed by atoms with Crippen molar-refractivity contribution in [3.05, 3.63) is 22.7 Å². The van der Waals surface area contributed by atoms with Crippen molar-refractivity contribution in [2.75, 3.05) is 7.11 Å². The van der Waals surface area contributed by atoms with Crippen LogP contribution in [0.15, 0.2) is 17.1 Å². The highest BCUT2D eigenvalue weighted by Gasteiger charge is 2.08.